The van der Waals surface area contributed by atoms with Gasteiger partial charge in [-0.3, -0.25) is 4.79 Å². The number of aryl methyl sites for hydroxylation is 1. The van der Waals surface area contributed by atoms with Crippen molar-refractivity contribution in [2.45, 2.75) is 57.4 Å². The van der Waals surface area contributed by atoms with Gasteiger partial charge in [0, 0.05) is 6.54 Å². The largest absolute Gasteiger partial charge is 0.481 e. The van der Waals surface area contributed by atoms with Gasteiger partial charge < -0.3 is 5.11 Å². The van der Waals surface area contributed by atoms with Crippen LogP contribution in [-0.4, -0.2) is 25.2 Å². The Balaban J connectivity index is 1.50. The minimum Gasteiger partial charge on any atom is -0.481 e. The van der Waals surface area contributed by atoms with Crippen molar-refractivity contribution in [3.05, 3.63) is 70.8 Å². The zero-order valence-corrected chi connectivity index (χ0v) is 17.5. The number of aliphatic carboxylic acids is 1. The fraction of sp³-hybridized carbons (Fsp3) is 0.435. The summed E-state index contributed by atoms with van der Waals surface area (Å²) in [6, 6.07) is 15.4. The van der Waals surface area contributed by atoms with Crippen molar-refractivity contribution in [2.24, 2.45) is 0 Å². The Labute approximate surface area is 173 Å². The number of benzene rings is 2. The molecule has 1 aliphatic carbocycles. The minimum absolute atomic E-state index is 0.0323. The van der Waals surface area contributed by atoms with Crippen LogP contribution < -0.4 is 4.72 Å². The number of nitrogens with one attached hydrogen (secondary N) is 1. The molecule has 2 aromatic rings. The van der Waals surface area contributed by atoms with Crippen molar-refractivity contribution in [3.63, 3.8) is 0 Å². The topological polar surface area (TPSA) is 83.5 Å². The average molecular weight is 416 g/mol. The second-order valence-corrected chi connectivity index (χ2v) is 9.78. The molecular formula is C23H29NO4S. The molecule has 1 aliphatic rings. The third-order valence-electron chi connectivity index (χ3n) is 5.56. The molecule has 29 heavy (non-hydrogen) atoms. The highest BCUT2D eigenvalue weighted by Gasteiger charge is 2.16. The van der Waals surface area contributed by atoms with Gasteiger partial charge >= 0.3 is 5.97 Å². The summed E-state index contributed by atoms with van der Waals surface area (Å²) in [5.41, 5.74) is 3.81. The van der Waals surface area contributed by atoms with Gasteiger partial charge in [-0.2, -0.15) is 0 Å². The summed E-state index contributed by atoms with van der Waals surface area (Å²) in [5.74, 6) is -0.220. The van der Waals surface area contributed by atoms with Crippen LogP contribution >= 0.6 is 0 Å². The van der Waals surface area contributed by atoms with Crippen molar-refractivity contribution in [3.8, 4) is 0 Å². The molecule has 5 nitrogen and oxygen atoms in total. The van der Waals surface area contributed by atoms with E-state index in [4.69, 9.17) is 5.11 Å². The fourth-order valence-electron chi connectivity index (χ4n) is 3.93. The number of rotatable bonds is 9. The molecule has 0 saturated heterocycles. The molecule has 0 spiro atoms. The van der Waals surface area contributed by atoms with Crippen molar-refractivity contribution in [1.29, 1.82) is 0 Å². The quantitative estimate of drug-likeness (QED) is 0.648. The molecule has 0 radical (unpaired) electrons. The van der Waals surface area contributed by atoms with E-state index in [2.05, 4.69) is 29.0 Å². The van der Waals surface area contributed by atoms with Crippen molar-refractivity contribution >= 4 is 16.0 Å². The van der Waals surface area contributed by atoms with Crippen molar-refractivity contribution in [2.75, 3.05) is 5.75 Å². The van der Waals surface area contributed by atoms with Gasteiger partial charge in [0.25, 0.3) is 0 Å². The second-order valence-electron chi connectivity index (χ2n) is 7.86. The van der Waals surface area contributed by atoms with Crippen molar-refractivity contribution in [1.82, 2.24) is 4.72 Å². The van der Waals surface area contributed by atoms with Gasteiger partial charge in [0.15, 0.2) is 0 Å². The Hall–Kier alpha value is -2.18. The van der Waals surface area contributed by atoms with Gasteiger partial charge in [0.1, 0.15) is 0 Å². The van der Waals surface area contributed by atoms with Crippen LogP contribution in [0.2, 0.25) is 0 Å². The van der Waals surface area contributed by atoms with Gasteiger partial charge in [-0.25, -0.2) is 13.1 Å². The number of hydrogen-bond acceptors (Lipinski definition) is 3. The minimum atomic E-state index is -3.41. The maximum atomic E-state index is 12.3. The lowest BCUT2D eigenvalue weighted by Crippen LogP contribution is -2.27. The van der Waals surface area contributed by atoms with Gasteiger partial charge in [-0.15, -0.1) is 0 Å². The molecule has 1 fully saturated rings. The molecule has 1 saturated carbocycles. The Kier molecular flexibility index (Phi) is 7.45. The fourth-order valence-corrected chi connectivity index (χ4v) is 4.97. The Morgan fingerprint density at radius 2 is 1.66 bits per heavy atom. The lowest BCUT2D eigenvalue weighted by atomic mass is 9.84. The molecular weight excluding hydrogens is 386 g/mol. The SMILES string of the molecule is O=C(O)Cc1cccc(CNS(=O)(=O)CCc2ccc(C3CCCCC3)cc2)c1. The Bertz CT molecular complexity index is 916. The van der Waals surface area contributed by atoms with E-state index in [-0.39, 0.29) is 18.7 Å². The highest BCUT2D eigenvalue weighted by molar-refractivity contribution is 7.89. The average Bonchev–Trinajstić information content (AvgIpc) is 2.72. The van der Waals surface area contributed by atoms with Crippen LogP contribution in [0.5, 0.6) is 0 Å². The van der Waals surface area contributed by atoms with Crippen LogP contribution in [0.4, 0.5) is 0 Å². The molecule has 0 bridgehead atoms. The van der Waals surface area contributed by atoms with E-state index < -0.39 is 16.0 Å². The standard InChI is InChI=1S/C23H29NO4S/c25-23(26)16-19-5-4-6-20(15-19)17-24-29(27,28)14-13-18-9-11-22(12-10-18)21-7-2-1-3-8-21/h4-6,9-12,15,21,24H,1-3,7-8,13-14,16-17H2,(H,25,26). The zero-order valence-electron chi connectivity index (χ0n) is 16.6. The smallest absolute Gasteiger partial charge is 0.307 e. The van der Waals surface area contributed by atoms with Gasteiger partial charge in [-0.1, -0.05) is 67.8 Å². The summed E-state index contributed by atoms with van der Waals surface area (Å²) in [7, 11) is -3.41. The van der Waals surface area contributed by atoms with Crippen LogP contribution in [-0.2, 0) is 34.2 Å². The number of hydrogen-bond donors (Lipinski definition) is 2. The molecule has 0 aliphatic heterocycles. The molecule has 0 unspecified atom stereocenters. The van der Waals surface area contributed by atoms with E-state index in [1.807, 2.05) is 0 Å². The van der Waals surface area contributed by atoms with Gasteiger partial charge in [0.2, 0.25) is 10.0 Å². The van der Waals surface area contributed by atoms with Gasteiger partial charge in [-0.05, 0) is 47.4 Å². The van der Waals surface area contributed by atoms with Crippen molar-refractivity contribution < 1.29 is 18.3 Å². The zero-order chi connectivity index (χ0) is 20.7. The van der Waals surface area contributed by atoms with Crippen LogP contribution in [0.15, 0.2) is 48.5 Å². The number of carbonyl (C=O) groups is 1. The van der Waals surface area contributed by atoms with E-state index in [9.17, 15) is 13.2 Å². The first kappa shape index (κ1) is 21.5. The van der Waals surface area contributed by atoms with E-state index in [1.54, 1.807) is 24.3 Å². The molecule has 2 aromatic carbocycles. The summed E-state index contributed by atoms with van der Waals surface area (Å²) in [6.07, 6.45) is 6.85. The highest BCUT2D eigenvalue weighted by Crippen LogP contribution is 2.32. The monoisotopic (exact) mass is 415 g/mol. The Morgan fingerprint density at radius 1 is 0.966 bits per heavy atom. The lowest BCUT2D eigenvalue weighted by Gasteiger charge is -2.22. The first-order chi connectivity index (χ1) is 13.9. The van der Waals surface area contributed by atoms with Crippen LogP contribution in [0.3, 0.4) is 0 Å². The summed E-state index contributed by atoms with van der Waals surface area (Å²) in [4.78, 5) is 10.8. The number of sulfonamides is 1. The first-order valence-corrected chi connectivity index (χ1v) is 11.9. The van der Waals surface area contributed by atoms with Crippen LogP contribution in [0, 0.1) is 0 Å². The molecule has 0 atom stereocenters. The molecule has 6 heteroatoms. The highest BCUT2D eigenvalue weighted by atomic mass is 32.2. The molecule has 0 heterocycles. The predicted octanol–water partition coefficient (Wildman–Crippen LogP) is 4.02. The van der Waals surface area contributed by atoms with E-state index >= 15 is 0 Å². The van der Waals surface area contributed by atoms with Gasteiger partial charge in [0.05, 0.1) is 12.2 Å². The third kappa shape index (κ3) is 6.98. The summed E-state index contributed by atoms with van der Waals surface area (Å²) in [5, 5.41) is 8.87. The second kappa shape index (κ2) is 10.0. The third-order valence-corrected chi connectivity index (χ3v) is 6.88. The predicted molar refractivity (Wildman–Crippen MR) is 114 cm³/mol. The summed E-state index contributed by atoms with van der Waals surface area (Å²) < 4.78 is 27.3. The first-order valence-electron chi connectivity index (χ1n) is 10.3. The van der Waals surface area contributed by atoms with E-state index in [0.29, 0.717) is 17.9 Å². The maximum Gasteiger partial charge on any atom is 0.307 e. The number of carboxylic acids is 1. The molecule has 0 amide bonds. The normalized spacial score (nSPS) is 15.3. The molecule has 156 valence electrons. The maximum absolute atomic E-state index is 12.3. The molecule has 3 rings (SSSR count). The van der Waals surface area contributed by atoms with Crippen LogP contribution in [0.1, 0.15) is 60.3 Å². The van der Waals surface area contributed by atoms with Crippen LogP contribution in [0.25, 0.3) is 0 Å². The van der Waals surface area contributed by atoms with E-state index in [1.165, 1.54) is 37.7 Å². The molecule has 0 aromatic heterocycles. The Morgan fingerprint density at radius 3 is 2.34 bits per heavy atom. The summed E-state index contributed by atoms with van der Waals surface area (Å²) >= 11 is 0. The molecule has 2 N–H and O–H groups in total. The number of carboxylic acid groups (broad SMARTS) is 1. The lowest BCUT2D eigenvalue weighted by molar-refractivity contribution is -0.136. The van der Waals surface area contributed by atoms with E-state index in [0.717, 1.165) is 11.1 Å². The summed E-state index contributed by atoms with van der Waals surface area (Å²) in [6.45, 7) is 0.163.